The third-order valence-electron chi connectivity index (χ3n) is 10.9. The van der Waals surface area contributed by atoms with Crippen molar-refractivity contribution in [2.45, 2.75) is 44.1 Å². The van der Waals surface area contributed by atoms with Gasteiger partial charge in [-0.05, 0) is 85.0 Å². The minimum Gasteiger partial charge on any atom is -0.497 e. The molecular formula is C36H41N5O3. The summed E-state index contributed by atoms with van der Waals surface area (Å²) in [5, 5.41) is 0.981. The van der Waals surface area contributed by atoms with E-state index >= 15 is 0 Å². The van der Waals surface area contributed by atoms with E-state index in [1.165, 1.54) is 76.0 Å². The number of aromatic nitrogens is 2. The summed E-state index contributed by atoms with van der Waals surface area (Å²) in [6.45, 7) is 8.07. The Kier molecular flexibility index (Phi) is 7.06. The number of anilines is 1. The van der Waals surface area contributed by atoms with E-state index in [2.05, 4.69) is 48.9 Å². The van der Waals surface area contributed by atoms with E-state index in [-0.39, 0.29) is 0 Å². The number of pyridine rings is 1. The molecule has 1 saturated carbocycles. The zero-order chi connectivity index (χ0) is 29.7. The molecule has 0 radical (unpaired) electrons. The molecule has 4 aliphatic rings. The van der Waals surface area contributed by atoms with Gasteiger partial charge >= 0.3 is 0 Å². The molecule has 1 spiro atoms. The zero-order valence-electron chi connectivity index (χ0n) is 25.5. The average Bonchev–Trinajstić information content (AvgIpc) is 3.51. The Morgan fingerprint density at radius 1 is 0.977 bits per heavy atom. The summed E-state index contributed by atoms with van der Waals surface area (Å²) < 4.78 is 11.6. The molecule has 8 nitrogen and oxygen atoms in total. The number of methoxy groups -OCH3 is 1. The molecule has 4 heterocycles. The molecular weight excluding hydrogens is 550 g/mol. The van der Waals surface area contributed by atoms with E-state index in [0.29, 0.717) is 28.4 Å². The number of hydrogen-bond acceptors (Lipinski definition) is 7. The van der Waals surface area contributed by atoms with Crippen LogP contribution >= 0.6 is 0 Å². The van der Waals surface area contributed by atoms with Gasteiger partial charge in [-0.3, -0.25) is 9.69 Å². The Morgan fingerprint density at radius 3 is 2.59 bits per heavy atom. The van der Waals surface area contributed by atoms with E-state index in [9.17, 15) is 4.79 Å². The number of rotatable bonds is 8. The van der Waals surface area contributed by atoms with Crippen molar-refractivity contribution < 1.29 is 14.3 Å². The fraction of sp³-hybridized carbons (Fsp3) is 0.444. The van der Waals surface area contributed by atoms with Gasteiger partial charge in [-0.2, -0.15) is 0 Å². The van der Waals surface area contributed by atoms with Gasteiger partial charge in [-0.25, -0.2) is 4.98 Å². The van der Waals surface area contributed by atoms with Gasteiger partial charge in [0.2, 0.25) is 0 Å². The molecule has 0 bridgehead atoms. The summed E-state index contributed by atoms with van der Waals surface area (Å²) in [5.74, 6) is 2.87. The van der Waals surface area contributed by atoms with Gasteiger partial charge in [0.15, 0.2) is 6.29 Å². The molecule has 0 amide bonds. The molecule has 2 saturated heterocycles. The predicted molar refractivity (Wildman–Crippen MR) is 172 cm³/mol. The van der Waals surface area contributed by atoms with Crippen LogP contribution in [-0.4, -0.2) is 85.0 Å². The van der Waals surface area contributed by atoms with Crippen LogP contribution in [0.1, 0.15) is 53.1 Å². The number of carbonyl (C=O) groups excluding carboxylic acids is 1. The van der Waals surface area contributed by atoms with Crippen LogP contribution in [0, 0.1) is 5.41 Å². The van der Waals surface area contributed by atoms with Crippen LogP contribution in [0.4, 0.5) is 5.69 Å². The minimum absolute atomic E-state index is 0.495. The van der Waals surface area contributed by atoms with Crippen LogP contribution in [-0.2, 0) is 6.42 Å². The Morgan fingerprint density at radius 2 is 1.82 bits per heavy atom. The van der Waals surface area contributed by atoms with Crippen LogP contribution in [0.2, 0.25) is 0 Å². The Balaban J connectivity index is 0.822. The van der Waals surface area contributed by atoms with Crippen molar-refractivity contribution in [3.8, 4) is 17.2 Å². The second-order valence-electron chi connectivity index (χ2n) is 13.4. The number of ether oxygens (including phenoxy) is 2. The van der Waals surface area contributed by atoms with Crippen LogP contribution in [0.15, 0.2) is 60.9 Å². The van der Waals surface area contributed by atoms with Crippen LogP contribution in [0.5, 0.6) is 17.2 Å². The highest BCUT2D eigenvalue weighted by molar-refractivity contribution is 5.81. The Hall–Kier alpha value is -3.88. The van der Waals surface area contributed by atoms with Crippen molar-refractivity contribution in [1.29, 1.82) is 0 Å². The highest BCUT2D eigenvalue weighted by Crippen LogP contribution is 2.51. The van der Waals surface area contributed by atoms with Gasteiger partial charge in [-0.1, -0.05) is 6.07 Å². The lowest BCUT2D eigenvalue weighted by Gasteiger charge is -2.56. The second kappa shape index (κ2) is 11.2. The van der Waals surface area contributed by atoms with Gasteiger partial charge in [0, 0.05) is 81.1 Å². The van der Waals surface area contributed by atoms with Crippen molar-refractivity contribution in [1.82, 2.24) is 19.8 Å². The molecule has 2 aliphatic heterocycles. The van der Waals surface area contributed by atoms with Gasteiger partial charge in [-0.15, -0.1) is 0 Å². The molecule has 1 N–H and O–H groups in total. The average molecular weight is 592 g/mol. The largest absolute Gasteiger partial charge is 0.497 e. The number of H-pyrrole nitrogens is 1. The summed E-state index contributed by atoms with van der Waals surface area (Å²) in [7, 11) is 1.75. The van der Waals surface area contributed by atoms with E-state index in [1.807, 2.05) is 30.5 Å². The van der Waals surface area contributed by atoms with Crippen LogP contribution < -0.4 is 14.4 Å². The fourth-order valence-corrected chi connectivity index (χ4v) is 8.17. The van der Waals surface area contributed by atoms with Gasteiger partial charge in [0.05, 0.1) is 18.9 Å². The number of nitrogens with zero attached hydrogens (tertiary/aromatic N) is 4. The number of aldehydes is 1. The summed E-state index contributed by atoms with van der Waals surface area (Å²) >= 11 is 0. The molecule has 2 aromatic carbocycles. The molecule has 8 heteroatoms. The molecule has 3 fully saturated rings. The zero-order valence-corrected chi connectivity index (χ0v) is 25.5. The Labute approximate surface area is 259 Å². The molecule has 228 valence electrons. The molecule has 2 aliphatic carbocycles. The van der Waals surface area contributed by atoms with Crippen LogP contribution in [0.25, 0.3) is 11.0 Å². The lowest BCUT2D eigenvalue weighted by Crippen LogP contribution is -2.59. The molecule has 1 unspecified atom stereocenters. The van der Waals surface area contributed by atoms with E-state index < -0.39 is 0 Å². The summed E-state index contributed by atoms with van der Waals surface area (Å²) in [5.41, 5.74) is 5.98. The normalized spacial score (nSPS) is 21.9. The first kappa shape index (κ1) is 27.7. The first-order valence-corrected chi connectivity index (χ1v) is 16.2. The van der Waals surface area contributed by atoms with Crippen molar-refractivity contribution in [3.05, 3.63) is 77.6 Å². The summed E-state index contributed by atoms with van der Waals surface area (Å²) in [4.78, 5) is 27.2. The summed E-state index contributed by atoms with van der Waals surface area (Å²) in [6, 6.07) is 17.2. The van der Waals surface area contributed by atoms with Gasteiger partial charge in [0.1, 0.15) is 22.9 Å². The van der Waals surface area contributed by atoms with Gasteiger partial charge in [0.25, 0.3) is 0 Å². The predicted octanol–water partition coefficient (Wildman–Crippen LogP) is 5.88. The molecule has 4 aromatic rings. The Bertz CT molecular complexity index is 1660. The third kappa shape index (κ3) is 5.14. The van der Waals surface area contributed by atoms with Crippen molar-refractivity contribution in [2.24, 2.45) is 5.41 Å². The molecule has 44 heavy (non-hydrogen) atoms. The second-order valence-corrected chi connectivity index (χ2v) is 13.4. The summed E-state index contributed by atoms with van der Waals surface area (Å²) in [6.07, 6.45) is 10.8. The quantitative estimate of drug-likeness (QED) is 0.257. The smallest absolute Gasteiger partial charge is 0.153 e. The first-order chi connectivity index (χ1) is 21.6. The first-order valence-electron chi connectivity index (χ1n) is 16.2. The van der Waals surface area contributed by atoms with Crippen molar-refractivity contribution in [2.75, 3.05) is 57.8 Å². The maximum atomic E-state index is 11.8. The highest BCUT2D eigenvalue weighted by atomic mass is 16.5. The number of fused-ring (bicyclic) bond motifs is 2. The maximum Gasteiger partial charge on any atom is 0.153 e. The lowest BCUT2D eigenvalue weighted by atomic mass is 9.60. The SMILES string of the molecule is COc1ccc2c(c1)CC2CN1CCN(C2CC3(CCN(c4ccc(C=O)c(Oc5cnc6[nH]ccc6c5)c4)CC3)C2)CC1. The van der Waals surface area contributed by atoms with E-state index in [0.717, 1.165) is 47.9 Å². The standard InChI is InChI=1S/C36H41N5O3/c1-43-31-4-5-33-27(18-31)16-28(33)23-39-12-14-41(15-13-39)30-20-36(21-30)7-10-40(11-8-36)29-3-2-26(24-42)34(19-29)44-32-17-25-6-9-37-35(25)38-22-32/h2-6,9,17-19,22,24,28,30H,7-8,10-16,20-21,23H2,1H3,(H,37,38). The minimum atomic E-state index is 0.495. The number of piperazine rings is 1. The molecule has 8 rings (SSSR count). The van der Waals surface area contributed by atoms with E-state index in [4.69, 9.17) is 9.47 Å². The number of aromatic amines is 1. The lowest BCUT2D eigenvalue weighted by molar-refractivity contribution is -0.0354. The number of carbonyl (C=O) groups is 1. The van der Waals surface area contributed by atoms with Gasteiger partial charge < -0.3 is 24.3 Å². The van der Waals surface area contributed by atoms with Crippen LogP contribution in [0.3, 0.4) is 0 Å². The molecule has 2 aromatic heterocycles. The van der Waals surface area contributed by atoms with Crippen molar-refractivity contribution >= 4 is 23.0 Å². The number of nitrogens with one attached hydrogen (secondary N) is 1. The van der Waals surface area contributed by atoms with E-state index in [1.54, 1.807) is 13.3 Å². The number of hydrogen-bond donors (Lipinski definition) is 1. The van der Waals surface area contributed by atoms with Crippen molar-refractivity contribution in [3.63, 3.8) is 0 Å². The maximum absolute atomic E-state index is 11.8. The fourth-order valence-electron chi connectivity index (χ4n) is 8.17. The monoisotopic (exact) mass is 591 g/mol. The highest BCUT2D eigenvalue weighted by Gasteiger charge is 2.48. The number of piperidine rings is 1. The molecule has 1 atom stereocenters. The number of benzene rings is 2. The third-order valence-corrected chi connectivity index (χ3v) is 10.9. The topological polar surface area (TPSA) is 73.9 Å².